The molecule has 0 atom stereocenters. The topological polar surface area (TPSA) is 98.7 Å². The Morgan fingerprint density at radius 3 is 2.68 bits per heavy atom. The third-order valence-electron chi connectivity index (χ3n) is 6.46. The number of hydrogen-bond acceptors (Lipinski definition) is 6. The van der Waals surface area contributed by atoms with Crippen molar-refractivity contribution in [2.24, 2.45) is 5.10 Å². The molecule has 0 aliphatic heterocycles. The number of amides is 1. The number of anilines is 1. The highest BCUT2D eigenvalue weighted by molar-refractivity contribution is 9.10. The van der Waals surface area contributed by atoms with E-state index in [1.165, 1.54) is 10.9 Å². The van der Waals surface area contributed by atoms with E-state index in [-0.39, 0.29) is 23.9 Å². The lowest BCUT2D eigenvalue weighted by Crippen LogP contribution is -2.21. The summed E-state index contributed by atoms with van der Waals surface area (Å²) in [5.74, 6) is 0.803. The first-order valence-corrected chi connectivity index (χ1v) is 13.6. The Kier molecular flexibility index (Phi) is 7.18. The monoisotopic (exact) mass is 606 g/mol. The van der Waals surface area contributed by atoms with Gasteiger partial charge in [-0.1, -0.05) is 58.4 Å². The van der Waals surface area contributed by atoms with Gasteiger partial charge < -0.3 is 14.5 Å². The average molecular weight is 607 g/mol. The molecule has 0 bridgehead atoms. The van der Waals surface area contributed by atoms with Gasteiger partial charge >= 0.3 is 0 Å². The summed E-state index contributed by atoms with van der Waals surface area (Å²) in [7, 11) is 0. The normalized spacial score (nSPS) is 11.4. The molecule has 6 aromatic rings. The van der Waals surface area contributed by atoms with Crippen LogP contribution in [0.3, 0.4) is 0 Å². The van der Waals surface area contributed by atoms with Gasteiger partial charge in [-0.25, -0.2) is 4.98 Å². The molecule has 0 spiro atoms. The number of aromatic nitrogens is 2. The highest BCUT2D eigenvalue weighted by Gasteiger charge is 2.17. The van der Waals surface area contributed by atoms with Crippen molar-refractivity contribution in [2.45, 2.75) is 6.92 Å². The van der Waals surface area contributed by atoms with Gasteiger partial charge in [0, 0.05) is 21.1 Å². The molecule has 1 N–H and O–H groups in total. The molecule has 1 amide bonds. The Hall–Kier alpha value is -5.02. The van der Waals surface area contributed by atoms with Gasteiger partial charge in [-0.15, -0.1) is 0 Å². The number of nitrogens with zero attached hydrogens (tertiary/aromatic N) is 3. The average Bonchev–Trinajstić information content (AvgIpc) is 3.40. The molecule has 0 radical (unpaired) electrons. The number of hydrogen-bond donors (Lipinski definition) is 1. The molecular formula is C32H23BrN4O4. The van der Waals surface area contributed by atoms with Crippen LogP contribution in [0.15, 0.2) is 116 Å². The molecule has 2 aromatic heterocycles. The smallest absolute Gasteiger partial charge is 0.282 e. The summed E-state index contributed by atoms with van der Waals surface area (Å²) in [5.41, 5.74) is 3.10. The summed E-state index contributed by atoms with van der Waals surface area (Å²) >= 11 is 3.48. The Morgan fingerprint density at radius 1 is 1.02 bits per heavy atom. The number of carbonyl (C=O) groups is 1. The number of ether oxygens (including phenoxy) is 1. The predicted molar refractivity (Wildman–Crippen MR) is 164 cm³/mol. The number of nitrogens with one attached hydrogen (secondary N) is 1. The third kappa shape index (κ3) is 5.53. The second-order valence-corrected chi connectivity index (χ2v) is 10.2. The minimum atomic E-state index is -0.348. The number of benzene rings is 4. The fraction of sp³-hybridized carbons (Fsp3) is 0.0625. The van der Waals surface area contributed by atoms with Gasteiger partial charge in [0.15, 0.2) is 12.4 Å². The van der Waals surface area contributed by atoms with Crippen LogP contribution in [0.1, 0.15) is 11.1 Å². The van der Waals surface area contributed by atoms with Gasteiger partial charge in [-0.2, -0.15) is 9.78 Å². The molecular weight excluding hydrogens is 584 g/mol. The zero-order chi connectivity index (χ0) is 28.3. The Balaban J connectivity index is 1.34. The molecule has 6 rings (SSSR count). The number of rotatable bonds is 7. The molecule has 2 heterocycles. The molecule has 9 heteroatoms. The largest absolute Gasteiger partial charge is 0.483 e. The van der Waals surface area contributed by atoms with E-state index >= 15 is 0 Å². The zero-order valence-electron chi connectivity index (χ0n) is 21.9. The second kappa shape index (κ2) is 11.2. The van der Waals surface area contributed by atoms with Crippen LogP contribution in [0.4, 0.5) is 5.69 Å². The summed E-state index contributed by atoms with van der Waals surface area (Å²) in [4.78, 5) is 30.9. The van der Waals surface area contributed by atoms with Gasteiger partial charge in [-0.05, 0) is 67.1 Å². The number of para-hydroxylation sites is 3. The number of furan rings is 1. The van der Waals surface area contributed by atoms with Crippen LogP contribution < -0.4 is 15.6 Å². The fourth-order valence-corrected chi connectivity index (χ4v) is 4.77. The van der Waals surface area contributed by atoms with Crippen LogP contribution in [0, 0.1) is 6.92 Å². The quantitative estimate of drug-likeness (QED) is 0.202. The van der Waals surface area contributed by atoms with Crippen molar-refractivity contribution in [1.29, 1.82) is 0 Å². The fourth-order valence-electron chi connectivity index (χ4n) is 4.40. The van der Waals surface area contributed by atoms with Crippen molar-refractivity contribution in [3.05, 3.63) is 123 Å². The lowest BCUT2D eigenvalue weighted by molar-refractivity contribution is -0.118. The van der Waals surface area contributed by atoms with E-state index in [0.29, 0.717) is 33.6 Å². The summed E-state index contributed by atoms with van der Waals surface area (Å²) in [6.45, 7) is 1.72. The molecule has 0 aliphatic rings. The standard InChI is InChI=1S/C32H23BrN4O4/c1-20-8-2-5-11-25(20)35-30(38)19-40-27-13-7-3-9-21(27)18-34-37-31(36-26-12-6-4-10-24(26)32(37)39)29-17-22-16-23(33)14-15-28(22)41-29/h2-18H,19H2,1H3,(H,35,38). The van der Waals surface area contributed by atoms with Crippen molar-refractivity contribution in [2.75, 3.05) is 11.9 Å². The van der Waals surface area contributed by atoms with Crippen molar-refractivity contribution in [3.63, 3.8) is 0 Å². The first-order valence-electron chi connectivity index (χ1n) is 12.8. The minimum absolute atomic E-state index is 0.198. The molecule has 202 valence electrons. The van der Waals surface area contributed by atoms with Crippen LogP contribution in [0.25, 0.3) is 33.5 Å². The lowest BCUT2D eigenvalue weighted by atomic mass is 10.2. The Bertz CT molecular complexity index is 2010. The summed E-state index contributed by atoms with van der Waals surface area (Å²) in [5, 5.41) is 8.66. The molecule has 0 unspecified atom stereocenters. The summed E-state index contributed by atoms with van der Waals surface area (Å²) < 4.78 is 14.0. The van der Waals surface area contributed by atoms with E-state index in [1.54, 1.807) is 36.4 Å². The van der Waals surface area contributed by atoms with Crippen LogP contribution in [-0.2, 0) is 4.79 Å². The SMILES string of the molecule is Cc1ccccc1NC(=O)COc1ccccc1C=Nn1c(-c2cc3cc(Br)ccc3o2)nc2ccccc2c1=O. The van der Waals surface area contributed by atoms with Crippen LogP contribution in [0.2, 0.25) is 0 Å². The van der Waals surface area contributed by atoms with Gasteiger partial charge in [-0.3, -0.25) is 9.59 Å². The van der Waals surface area contributed by atoms with E-state index in [0.717, 1.165) is 21.1 Å². The van der Waals surface area contributed by atoms with Gasteiger partial charge in [0.1, 0.15) is 11.3 Å². The summed E-state index contributed by atoms with van der Waals surface area (Å²) in [6, 6.07) is 29.2. The maximum Gasteiger partial charge on any atom is 0.282 e. The highest BCUT2D eigenvalue weighted by atomic mass is 79.9. The minimum Gasteiger partial charge on any atom is -0.483 e. The van der Waals surface area contributed by atoms with Crippen LogP contribution in [-0.4, -0.2) is 28.4 Å². The molecule has 8 nitrogen and oxygen atoms in total. The van der Waals surface area contributed by atoms with E-state index in [9.17, 15) is 9.59 Å². The molecule has 41 heavy (non-hydrogen) atoms. The highest BCUT2D eigenvalue weighted by Crippen LogP contribution is 2.29. The maximum atomic E-state index is 13.6. The van der Waals surface area contributed by atoms with E-state index in [1.807, 2.05) is 67.6 Å². The van der Waals surface area contributed by atoms with Gasteiger partial charge in [0.25, 0.3) is 11.5 Å². The van der Waals surface area contributed by atoms with E-state index < -0.39 is 0 Å². The van der Waals surface area contributed by atoms with Crippen molar-refractivity contribution in [3.8, 4) is 17.3 Å². The number of fused-ring (bicyclic) bond motifs is 2. The lowest BCUT2D eigenvalue weighted by Gasteiger charge is -2.11. The predicted octanol–water partition coefficient (Wildman–Crippen LogP) is 6.78. The van der Waals surface area contributed by atoms with E-state index in [4.69, 9.17) is 14.1 Å². The van der Waals surface area contributed by atoms with Gasteiger partial charge in [0.05, 0.1) is 17.1 Å². The maximum absolute atomic E-state index is 13.6. The zero-order valence-corrected chi connectivity index (χ0v) is 23.5. The second-order valence-electron chi connectivity index (χ2n) is 9.30. The third-order valence-corrected chi connectivity index (χ3v) is 6.96. The van der Waals surface area contributed by atoms with Crippen LogP contribution >= 0.6 is 15.9 Å². The van der Waals surface area contributed by atoms with Crippen LogP contribution in [0.5, 0.6) is 5.75 Å². The molecule has 0 fully saturated rings. The van der Waals surface area contributed by atoms with Gasteiger partial charge in [0.2, 0.25) is 5.82 Å². The van der Waals surface area contributed by atoms with Crippen molar-refractivity contribution >= 4 is 55.6 Å². The molecule has 0 saturated heterocycles. The Morgan fingerprint density at radius 2 is 1.80 bits per heavy atom. The Labute approximate surface area is 243 Å². The van der Waals surface area contributed by atoms with E-state index in [2.05, 4.69) is 26.3 Å². The first kappa shape index (κ1) is 26.2. The first-order chi connectivity index (χ1) is 20.0. The molecule has 0 aliphatic carbocycles. The van der Waals surface area contributed by atoms with Crippen molar-refractivity contribution < 1.29 is 13.9 Å². The molecule has 0 saturated carbocycles. The number of halogens is 1. The summed E-state index contributed by atoms with van der Waals surface area (Å²) in [6.07, 6.45) is 1.51. The number of aryl methyl sites for hydroxylation is 1. The van der Waals surface area contributed by atoms with Crippen molar-refractivity contribution in [1.82, 2.24) is 9.66 Å². The molecule has 4 aromatic carbocycles. The number of carbonyl (C=O) groups excluding carboxylic acids is 1.